The van der Waals surface area contributed by atoms with E-state index in [4.69, 9.17) is 21.1 Å². The van der Waals surface area contributed by atoms with Crippen LogP contribution >= 0.6 is 23.4 Å². The molecule has 0 saturated heterocycles. The average Bonchev–Trinajstić information content (AvgIpc) is 3.20. The van der Waals surface area contributed by atoms with E-state index in [1.807, 2.05) is 42.9 Å². The number of thioether (sulfide) groups is 1. The topological polar surface area (TPSA) is 69.5 Å². The number of rotatable bonds is 9. The van der Waals surface area contributed by atoms with Crippen LogP contribution in [-0.4, -0.2) is 59.5 Å². The van der Waals surface area contributed by atoms with Gasteiger partial charge in [-0.2, -0.15) is 0 Å². The molecule has 0 aliphatic heterocycles. The van der Waals surface area contributed by atoms with E-state index >= 15 is 0 Å². The van der Waals surface area contributed by atoms with Crippen molar-refractivity contribution in [3.05, 3.63) is 58.9 Å². The molecule has 0 aliphatic rings. The molecule has 0 amide bonds. The molecule has 0 fully saturated rings. The maximum Gasteiger partial charge on any atom is 0.196 e. The summed E-state index contributed by atoms with van der Waals surface area (Å²) >= 11 is 7.40. The molecule has 1 aromatic heterocycles. The van der Waals surface area contributed by atoms with E-state index in [1.54, 1.807) is 25.3 Å². The molecule has 0 N–H and O–H groups in total. The van der Waals surface area contributed by atoms with Crippen LogP contribution in [0.4, 0.5) is 0 Å². The number of carbonyl (C=O) groups is 1. The molecule has 31 heavy (non-hydrogen) atoms. The van der Waals surface area contributed by atoms with Crippen molar-refractivity contribution >= 4 is 29.1 Å². The fourth-order valence-electron chi connectivity index (χ4n) is 2.95. The zero-order chi connectivity index (χ0) is 22.5. The molecule has 2 aromatic carbocycles. The van der Waals surface area contributed by atoms with Gasteiger partial charge in [-0.1, -0.05) is 23.4 Å². The summed E-state index contributed by atoms with van der Waals surface area (Å²) in [6, 6.07) is 12.6. The lowest BCUT2D eigenvalue weighted by Crippen LogP contribution is -2.20. The van der Waals surface area contributed by atoms with E-state index in [1.165, 1.54) is 18.9 Å². The molecule has 164 valence electrons. The fourth-order valence-corrected chi connectivity index (χ4v) is 3.91. The highest BCUT2D eigenvalue weighted by Gasteiger charge is 2.22. The van der Waals surface area contributed by atoms with E-state index in [0.29, 0.717) is 27.2 Å². The van der Waals surface area contributed by atoms with Crippen molar-refractivity contribution in [3.63, 3.8) is 0 Å². The van der Waals surface area contributed by atoms with Gasteiger partial charge in [0, 0.05) is 16.8 Å². The molecular formula is C22H25ClN4O3S. The van der Waals surface area contributed by atoms with Crippen LogP contribution in [0.15, 0.2) is 47.6 Å². The monoisotopic (exact) mass is 460 g/mol. The summed E-state index contributed by atoms with van der Waals surface area (Å²) < 4.78 is 12.5. The largest absolute Gasteiger partial charge is 0.497 e. The number of carbonyl (C=O) groups excluding carboxylic acids is 1. The fraction of sp³-hybridized carbons (Fsp3) is 0.318. The van der Waals surface area contributed by atoms with Crippen molar-refractivity contribution in [1.82, 2.24) is 19.7 Å². The second-order valence-corrected chi connectivity index (χ2v) is 8.45. The summed E-state index contributed by atoms with van der Waals surface area (Å²) in [7, 11) is 7.07. The van der Waals surface area contributed by atoms with Gasteiger partial charge >= 0.3 is 0 Å². The predicted molar refractivity (Wildman–Crippen MR) is 123 cm³/mol. The zero-order valence-corrected chi connectivity index (χ0v) is 19.7. The van der Waals surface area contributed by atoms with Crippen molar-refractivity contribution in [2.45, 2.75) is 18.1 Å². The smallest absolute Gasteiger partial charge is 0.196 e. The quantitative estimate of drug-likeness (QED) is 0.343. The maximum absolute atomic E-state index is 12.9. The second-order valence-electron chi connectivity index (χ2n) is 7.07. The Morgan fingerprint density at radius 1 is 1.13 bits per heavy atom. The molecule has 0 saturated carbocycles. The minimum atomic E-state index is -0.0719. The Bertz CT molecular complexity index is 1050. The first kappa shape index (κ1) is 23.1. The third kappa shape index (κ3) is 5.20. The van der Waals surface area contributed by atoms with E-state index in [9.17, 15) is 4.79 Å². The number of Topliss-reactive ketones (excluding diaryl/α,β-unsaturated/α-hetero) is 1. The first-order valence-corrected chi connectivity index (χ1v) is 11.0. The van der Waals surface area contributed by atoms with Gasteiger partial charge in [0.05, 0.1) is 31.6 Å². The van der Waals surface area contributed by atoms with Crippen LogP contribution in [0, 0.1) is 0 Å². The van der Waals surface area contributed by atoms with E-state index in [-0.39, 0.29) is 17.6 Å². The molecule has 9 heteroatoms. The van der Waals surface area contributed by atoms with Gasteiger partial charge in [0.15, 0.2) is 16.8 Å². The van der Waals surface area contributed by atoms with Crippen LogP contribution in [0.2, 0.25) is 5.02 Å². The van der Waals surface area contributed by atoms with Crippen molar-refractivity contribution in [2.75, 3.05) is 34.1 Å². The first-order chi connectivity index (χ1) is 14.8. The van der Waals surface area contributed by atoms with Crippen molar-refractivity contribution in [1.29, 1.82) is 0 Å². The molecule has 3 rings (SSSR count). The van der Waals surface area contributed by atoms with Crippen LogP contribution in [0.5, 0.6) is 11.5 Å². The molecule has 0 bridgehead atoms. The van der Waals surface area contributed by atoms with Gasteiger partial charge in [0.25, 0.3) is 0 Å². The van der Waals surface area contributed by atoms with E-state index in [0.717, 1.165) is 11.5 Å². The number of ketones is 1. The van der Waals surface area contributed by atoms with Crippen molar-refractivity contribution in [3.8, 4) is 17.2 Å². The molecule has 1 atom stereocenters. The number of ether oxygens (including phenoxy) is 2. The minimum absolute atomic E-state index is 0.0231. The summed E-state index contributed by atoms with van der Waals surface area (Å²) in [5.74, 6) is 2.00. The molecule has 1 unspecified atom stereocenters. The number of aromatic nitrogens is 3. The average molecular weight is 461 g/mol. The Hall–Kier alpha value is -2.55. The van der Waals surface area contributed by atoms with Gasteiger partial charge in [0.1, 0.15) is 11.5 Å². The molecule has 0 radical (unpaired) electrons. The normalized spacial score (nSPS) is 12.1. The Labute approximate surface area is 191 Å². The molecule has 0 aliphatic carbocycles. The van der Waals surface area contributed by atoms with E-state index in [2.05, 4.69) is 22.0 Å². The lowest BCUT2D eigenvalue weighted by molar-refractivity contribution is 0.101. The summed E-state index contributed by atoms with van der Waals surface area (Å²) in [5, 5.41) is 10.1. The van der Waals surface area contributed by atoms with Gasteiger partial charge in [-0.15, -0.1) is 10.2 Å². The Morgan fingerprint density at radius 2 is 1.84 bits per heavy atom. The van der Waals surface area contributed by atoms with Crippen molar-refractivity contribution in [2.24, 2.45) is 0 Å². The SMILES string of the molecule is COc1ccc(C(=O)CSc2nnc(C(C)N(C)C)n2-c2ccc(Cl)cc2)c(OC)c1. The van der Waals surface area contributed by atoms with E-state index < -0.39 is 0 Å². The number of benzene rings is 2. The third-order valence-corrected chi connectivity index (χ3v) is 6.11. The number of hydrogen-bond donors (Lipinski definition) is 0. The highest BCUT2D eigenvalue weighted by Crippen LogP contribution is 2.30. The van der Waals surface area contributed by atoms with Crippen LogP contribution in [0.1, 0.15) is 29.1 Å². The highest BCUT2D eigenvalue weighted by atomic mass is 35.5. The van der Waals surface area contributed by atoms with Crippen LogP contribution in [0.25, 0.3) is 5.69 Å². The summed E-state index contributed by atoms with van der Waals surface area (Å²) in [5.41, 5.74) is 1.38. The van der Waals surface area contributed by atoms with Crippen LogP contribution < -0.4 is 9.47 Å². The standard InChI is InChI=1S/C22H25ClN4O3S/c1-14(26(2)3)21-24-25-22(27(21)16-8-6-15(23)7-9-16)31-13-19(28)18-11-10-17(29-4)12-20(18)30-5/h6-12,14H,13H2,1-5H3. The summed E-state index contributed by atoms with van der Waals surface area (Å²) in [6.07, 6.45) is 0. The Kier molecular flexibility index (Phi) is 7.59. The molecule has 7 nitrogen and oxygen atoms in total. The van der Waals surface area contributed by atoms with Gasteiger partial charge in [0.2, 0.25) is 0 Å². The predicted octanol–water partition coefficient (Wildman–Crippen LogP) is 4.54. The third-order valence-electron chi connectivity index (χ3n) is 4.93. The molecule has 0 spiro atoms. The Morgan fingerprint density at radius 3 is 2.45 bits per heavy atom. The first-order valence-electron chi connectivity index (χ1n) is 9.61. The van der Waals surface area contributed by atoms with Crippen LogP contribution in [-0.2, 0) is 0 Å². The highest BCUT2D eigenvalue weighted by molar-refractivity contribution is 7.99. The zero-order valence-electron chi connectivity index (χ0n) is 18.1. The number of nitrogens with zero attached hydrogens (tertiary/aromatic N) is 4. The lowest BCUT2D eigenvalue weighted by atomic mass is 10.1. The second kappa shape index (κ2) is 10.2. The van der Waals surface area contributed by atoms with Gasteiger partial charge in [-0.25, -0.2) is 0 Å². The van der Waals surface area contributed by atoms with Crippen LogP contribution in [0.3, 0.4) is 0 Å². The summed E-state index contributed by atoms with van der Waals surface area (Å²) in [4.78, 5) is 15.0. The molecular weight excluding hydrogens is 436 g/mol. The molecule has 1 heterocycles. The molecule has 3 aromatic rings. The lowest BCUT2D eigenvalue weighted by Gasteiger charge is -2.20. The number of hydrogen-bond acceptors (Lipinski definition) is 7. The number of methoxy groups -OCH3 is 2. The minimum Gasteiger partial charge on any atom is -0.497 e. The van der Waals surface area contributed by atoms with Gasteiger partial charge in [-0.05, 0) is 57.4 Å². The summed E-state index contributed by atoms with van der Waals surface area (Å²) in [6.45, 7) is 2.05. The van der Waals surface area contributed by atoms with Crippen molar-refractivity contribution < 1.29 is 14.3 Å². The van der Waals surface area contributed by atoms with Gasteiger partial charge < -0.3 is 9.47 Å². The number of halogens is 1. The van der Waals surface area contributed by atoms with Gasteiger partial charge in [-0.3, -0.25) is 14.3 Å². The Balaban J connectivity index is 1.90. The maximum atomic E-state index is 12.9.